The molecule has 2 N–H and O–H groups in total. The van der Waals surface area contributed by atoms with Crippen molar-refractivity contribution in [3.05, 3.63) is 46.4 Å². The van der Waals surface area contributed by atoms with Gasteiger partial charge < -0.3 is 14.8 Å². The van der Waals surface area contributed by atoms with Crippen LogP contribution >= 0.6 is 11.3 Å². The summed E-state index contributed by atoms with van der Waals surface area (Å²) in [6.07, 6.45) is 5.17. The second-order valence-electron chi connectivity index (χ2n) is 7.30. The fraction of sp³-hybridized carbons (Fsp3) is 0.333. The maximum absolute atomic E-state index is 12.6. The molecule has 3 aromatic heterocycles. The first kappa shape index (κ1) is 18.1. The average molecular weight is 407 g/mol. The first-order valence-corrected chi connectivity index (χ1v) is 10.7. The van der Waals surface area contributed by atoms with Crippen LogP contribution in [0.25, 0.3) is 22.4 Å². The summed E-state index contributed by atoms with van der Waals surface area (Å²) in [5.74, 6) is 1.84. The Labute approximate surface area is 171 Å². The van der Waals surface area contributed by atoms with Crippen LogP contribution in [0.2, 0.25) is 0 Å². The Morgan fingerprint density at radius 1 is 1.24 bits per heavy atom. The number of amides is 1. The van der Waals surface area contributed by atoms with E-state index in [4.69, 9.17) is 9.51 Å². The van der Waals surface area contributed by atoms with E-state index in [1.165, 1.54) is 23.3 Å². The minimum absolute atomic E-state index is 0.0585. The van der Waals surface area contributed by atoms with Crippen molar-refractivity contribution in [1.82, 2.24) is 20.1 Å². The molecule has 0 saturated heterocycles. The van der Waals surface area contributed by atoms with Crippen molar-refractivity contribution in [2.45, 2.75) is 45.4 Å². The average Bonchev–Trinajstić information content (AvgIpc) is 3.41. The Kier molecular flexibility index (Phi) is 4.63. The third-order valence-electron chi connectivity index (χ3n) is 5.19. The quantitative estimate of drug-likeness (QED) is 0.510. The number of rotatable bonds is 5. The van der Waals surface area contributed by atoms with Gasteiger partial charge >= 0.3 is 0 Å². The van der Waals surface area contributed by atoms with Crippen LogP contribution in [-0.4, -0.2) is 26.0 Å². The molecule has 8 heteroatoms. The molecule has 3 heterocycles. The standard InChI is InChI=1S/C21H21N5O2S/c1-12-22-18(28-26-12)11-10-17(27)25-21-19(13-6-2-5-9-16(13)29-21)20-23-14-7-3-4-8-15(14)24-20/h3-4,7-8H,2,5-6,9-11H2,1H3,(H,23,24)(H,25,27). The van der Waals surface area contributed by atoms with E-state index in [-0.39, 0.29) is 5.91 Å². The van der Waals surface area contributed by atoms with E-state index >= 15 is 0 Å². The van der Waals surface area contributed by atoms with Gasteiger partial charge in [0.05, 0.1) is 16.6 Å². The Bertz CT molecular complexity index is 1160. The number of carbonyl (C=O) groups is 1. The van der Waals surface area contributed by atoms with Crippen LogP contribution in [0.3, 0.4) is 0 Å². The van der Waals surface area contributed by atoms with Gasteiger partial charge in [0.25, 0.3) is 0 Å². The normalized spacial score (nSPS) is 13.6. The third kappa shape index (κ3) is 3.55. The van der Waals surface area contributed by atoms with E-state index in [2.05, 4.69) is 20.4 Å². The van der Waals surface area contributed by atoms with E-state index in [1.54, 1.807) is 18.3 Å². The van der Waals surface area contributed by atoms with Crippen LogP contribution in [0.15, 0.2) is 28.8 Å². The number of carbonyl (C=O) groups excluding carboxylic acids is 1. The van der Waals surface area contributed by atoms with Gasteiger partial charge in [-0.3, -0.25) is 4.79 Å². The molecule has 0 spiro atoms. The molecule has 5 rings (SSSR count). The first-order valence-electron chi connectivity index (χ1n) is 9.86. The summed E-state index contributed by atoms with van der Waals surface area (Å²) < 4.78 is 5.10. The smallest absolute Gasteiger partial charge is 0.227 e. The highest BCUT2D eigenvalue weighted by Crippen LogP contribution is 2.43. The van der Waals surface area contributed by atoms with Crippen LogP contribution in [-0.2, 0) is 24.1 Å². The van der Waals surface area contributed by atoms with Crippen LogP contribution in [0, 0.1) is 6.92 Å². The zero-order valence-electron chi connectivity index (χ0n) is 16.1. The molecule has 1 aromatic carbocycles. The van der Waals surface area contributed by atoms with E-state index < -0.39 is 0 Å². The minimum atomic E-state index is -0.0585. The molecule has 4 aromatic rings. The number of aromatic amines is 1. The molecular formula is C21H21N5O2S. The number of hydrogen-bond acceptors (Lipinski definition) is 6. The number of aromatic nitrogens is 4. The van der Waals surface area contributed by atoms with Gasteiger partial charge in [0, 0.05) is 17.7 Å². The highest BCUT2D eigenvalue weighted by atomic mass is 32.1. The summed E-state index contributed by atoms with van der Waals surface area (Å²) >= 11 is 1.68. The van der Waals surface area contributed by atoms with Crippen LogP contribution in [0.5, 0.6) is 0 Å². The predicted octanol–water partition coefficient (Wildman–Crippen LogP) is 4.43. The molecule has 0 unspecified atom stereocenters. The molecule has 7 nitrogen and oxygen atoms in total. The summed E-state index contributed by atoms with van der Waals surface area (Å²) in [6.45, 7) is 1.77. The molecule has 1 amide bonds. The lowest BCUT2D eigenvalue weighted by molar-refractivity contribution is -0.116. The summed E-state index contributed by atoms with van der Waals surface area (Å²) in [6, 6.07) is 8.00. The number of nitrogens with one attached hydrogen (secondary N) is 2. The Morgan fingerprint density at radius 3 is 2.93 bits per heavy atom. The third-order valence-corrected chi connectivity index (χ3v) is 6.39. The fourth-order valence-electron chi connectivity index (χ4n) is 3.83. The van der Waals surface area contributed by atoms with Gasteiger partial charge in [-0.05, 0) is 50.3 Å². The van der Waals surface area contributed by atoms with Crippen molar-refractivity contribution in [3.63, 3.8) is 0 Å². The number of para-hydroxylation sites is 2. The molecule has 1 aliphatic rings. The zero-order chi connectivity index (χ0) is 19.8. The van der Waals surface area contributed by atoms with Crippen molar-refractivity contribution < 1.29 is 9.32 Å². The van der Waals surface area contributed by atoms with E-state index in [9.17, 15) is 4.79 Å². The van der Waals surface area contributed by atoms with Gasteiger partial charge in [-0.15, -0.1) is 11.3 Å². The van der Waals surface area contributed by atoms with Crippen LogP contribution < -0.4 is 5.32 Å². The number of imidazole rings is 1. The predicted molar refractivity (Wildman–Crippen MR) is 112 cm³/mol. The molecule has 0 radical (unpaired) electrons. The molecular weight excluding hydrogens is 386 g/mol. The van der Waals surface area contributed by atoms with Gasteiger partial charge in [-0.1, -0.05) is 17.3 Å². The lowest BCUT2D eigenvalue weighted by atomic mass is 9.95. The SMILES string of the molecule is Cc1noc(CCC(=O)Nc2sc3c(c2-c2nc4ccccc4[nH]2)CCCC3)n1. The van der Waals surface area contributed by atoms with E-state index in [0.717, 1.165) is 40.3 Å². The molecule has 0 fully saturated rings. The second kappa shape index (κ2) is 7.44. The Balaban J connectivity index is 1.44. The van der Waals surface area contributed by atoms with Crippen molar-refractivity contribution >= 4 is 33.3 Å². The Morgan fingerprint density at radius 2 is 2.10 bits per heavy atom. The van der Waals surface area contributed by atoms with Crippen molar-refractivity contribution in [3.8, 4) is 11.4 Å². The topological polar surface area (TPSA) is 96.7 Å². The van der Waals surface area contributed by atoms with Gasteiger partial charge in [0.2, 0.25) is 11.8 Å². The van der Waals surface area contributed by atoms with Crippen molar-refractivity contribution in [2.75, 3.05) is 5.32 Å². The highest BCUT2D eigenvalue weighted by Gasteiger charge is 2.25. The van der Waals surface area contributed by atoms with Crippen LogP contribution in [0.1, 0.15) is 41.4 Å². The summed E-state index contributed by atoms with van der Waals surface area (Å²) in [5, 5.41) is 7.76. The largest absolute Gasteiger partial charge is 0.339 e. The van der Waals surface area contributed by atoms with E-state index in [0.29, 0.717) is 24.6 Å². The lowest BCUT2D eigenvalue weighted by Crippen LogP contribution is -2.12. The van der Waals surface area contributed by atoms with Gasteiger partial charge in [0.15, 0.2) is 5.82 Å². The number of aryl methyl sites for hydroxylation is 3. The van der Waals surface area contributed by atoms with Crippen molar-refractivity contribution in [1.29, 1.82) is 0 Å². The molecule has 0 bridgehead atoms. The second-order valence-corrected chi connectivity index (χ2v) is 8.41. The Hall–Kier alpha value is -3.00. The number of hydrogen-bond donors (Lipinski definition) is 2. The van der Waals surface area contributed by atoms with Gasteiger partial charge in [-0.25, -0.2) is 4.98 Å². The number of benzene rings is 1. The summed E-state index contributed by atoms with van der Waals surface area (Å²) in [5.41, 5.74) is 4.30. The number of nitrogens with zero attached hydrogens (tertiary/aromatic N) is 3. The summed E-state index contributed by atoms with van der Waals surface area (Å²) in [7, 11) is 0. The molecule has 148 valence electrons. The lowest BCUT2D eigenvalue weighted by Gasteiger charge is -2.12. The number of fused-ring (bicyclic) bond motifs is 2. The molecule has 0 saturated carbocycles. The highest BCUT2D eigenvalue weighted by molar-refractivity contribution is 7.17. The molecule has 29 heavy (non-hydrogen) atoms. The number of thiophene rings is 1. The maximum Gasteiger partial charge on any atom is 0.227 e. The maximum atomic E-state index is 12.6. The van der Waals surface area contributed by atoms with Crippen molar-refractivity contribution in [2.24, 2.45) is 0 Å². The van der Waals surface area contributed by atoms with Crippen LogP contribution in [0.4, 0.5) is 5.00 Å². The summed E-state index contributed by atoms with van der Waals surface area (Å²) in [4.78, 5) is 26.4. The minimum Gasteiger partial charge on any atom is -0.339 e. The molecule has 1 aliphatic carbocycles. The van der Waals surface area contributed by atoms with Gasteiger partial charge in [0.1, 0.15) is 10.8 Å². The van der Waals surface area contributed by atoms with E-state index in [1.807, 2.05) is 24.3 Å². The van der Waals surface area contributed by atoms with Gasteiger partial charge in [-0.2, -0.15) is 4.98 Å². The zero-order valence-corrected chi connectivity index (χ0v) is 16.9. The number of anilines is 1. The molecule has 0 aliphatic heterocycles. The first-order chi connectivity index (χ1) is 14.2. The fourth-order valence-corrected chi connectivity index (χ4v) is 5.13. The monoisotopic (exact) mass is 407 g/mol. The number of H-pyrrole nitrogens is 1. The molecule has 0 atom stereocenters.